The molecule has 2 amide bonds. The Kier molecular flexibility index (Phi) is 7.49. The number of nitrogens with one attached hydrogen (secondary N) is 2. The van der Waals surface area contributed by atoms with Crippen LogP contribution in [0.2, 0.25) is 0 Å². The average molecular weight is 422 g/mol. The zero-order chi connectivity index (χ0) is 22.2. The normalized spacial score (nSPS) is 11.6. The molecule has 4 nitrogen and oxygen atoms in total. The van der Waals surface area contributed by atoms with E-state index in [2.05, 4.69) is 10.6 Å². The van der Waals surface area contributed by atoms with E-state index in [4.69, 9.17) is 0 Å². The van der Waals surface area contributed by atoms with E-state index in [1.807, 2.05) is 61.5 Å². The largest absolute Gasteiger partial charge is 0.352 e. The van der Waals surface area contributed by atoms with E-state index in [1.165, 1.54) is 0 Å². The van der Waals surface area contributed by atoms with E-state index in [9.17, 15) is 18.4 Å². The maximum Gasteiger partial charge on any atom is 0.254 e. The van der Waals surface area contributed by atoms with Gasteiger partial charge in [-0.2, -0.15) is 0 Å². The number of benzene rings is 3. The van der Waals surface area contributed by atoms with Crippen LogP contribution in [0.15, 0.2) is 72.8 Å². The van der Waals surface area contributed by atoms with Crippen LogP contribution in [-0.2, 0) is 4.79 Å². The number of aryl methyl sites for hydroxylation is 1. The predicted octanol–water partition coefficient (Wildman–Crippen LogP) is 4.69. The fourth-order valence-corrected chi connectivity index (χ4v) is 3.22. The summed E-state index contributed by atoms with van der Waals surface area (Å²) in [6, 6.07) is 20.2. The Morgan fingerprint density at radius 2 is 1.58 bits per heavy atom. The van der Waals surface area contributed by atoms with Crippen LogP contribution in [0.4, 0.5) is 8.78 Å². The molecule has 0 aliphatic heterocycles. The Balaban J connectivity index is 1.55. The molecular weight excluding hydrogens is 398 g/mol. The van der Waals surface area contributed by atoms with Crippen LogP contribution in [0.3, 0.4) is 0 Å². The van der Waals surface area contributed by atoms with Crippen LogP contribution in [0.1, 0.15) is 45.9 Å². The number of amides is 2. The van der Waals surface area contributed by atoms with Gasteiger partial charge in [-0.05, 0) is 36.6 Å². The van der Waals surface area contributed by atoms with Gasteiger partial charge in [0.1, 0.15) is 11.6 Å². The topological polar surface area (TPSA) is 58.2 Å². The van der Waals surface area contributed by atoms with Gasteiger partial charge in [0.05, 0.1) is 11.6 Å². The monoisotopic (exact) mass is 422 g/mol. The SMILES string of the molecule is Cc1ccc(C(NC(=O)CCCNC(=O)c2ccc(F)cc2F)c2ccccc2)cc1. The Hall–Kier alpha value is -3.54. The van der Waals surface area contributed by atoms with E-state index in [-0.39, 0.29) is 30.5 Å². The third kappa shape index (κ3) is 6.22. The van der Waals surface area contributed by atoms with Gasteiger partial charge in [-0.25, -0.2) is 8.78 Å². The number of carbonyl (C=O) groups excluding carboxylic acids is 2. The summed E-state index contributed by atoms with van der Waals surface area (Å²) in [5.41, 5.74) is 2.86. The summed E-state index contributed by atoms with van der Waals surface area (Å²) in [6.07, 6.45) is 0.581. The molecule has 0 spiro atoms. The second-order valence-electron chi connectivity index (χ2n) is 7.31. The first-order valence-corrected chi connectivity index (χ1v) is 10.1. The molecule has 3 rings (SSSR count). The first kappa shape index (κ1) is 22.2. The average Bonchev–Trinajstić information content (AvgIpc) is 2.76. The van der Waals surface area contributed by atoms with Crippen molar-refractivity contribution in [3.63, 3.8) is 0 Å². The molecule has 2 N–H and O–H groups in total. The van der Waals surface area contributed by atoms with Gasteiger partial charge in [-0.1, -0.05) is 60.2 Å². The molecule has 0 aliphatic carbocycles. The highest BCUT2D eigenvalue weighted by Gasteiger charge is 2.17. The summed E-state index contributed by atoms with van der Waals surface area (Å²) in [7, 11) is 0. The van der Waals surface area contributed by atoms with Gasteiger partial charge < -0.3 is 10.6 Å². The minimum absolute atomic E-state index is 0.156. The molecule has 0 fully saturated rings. The Morgan fingerprint density at radius 3 is 2.26 bits per heavy atom. The highest BCUT2D eigenvalue weighted by Crippen LogP contribution is 2.22. The molecule has 0 heterocycles. The van der Waals surface area contributed by atoms with E-state index in [0.717, 1.165) is 28.8 Å². The van der Waals surface area contributed by atoms with Gasteiger partial charge >= 0.3 is 0 Å². The molecule has 3 aromatic rings. The lowest BCUT2D eigenvalue weighted by atomic mass is 9.97. The fourth-order valence-electron chi connectivity index (χ4n) is 3.22. The third-order valence-electron chi connectivity index (χ3n) is 4.89. The number of hydrogen-bond acceptors (Lipinski definition) is 2. The van der Waals surface area contributed by atoms with E-state index < -0.39 is 17.5 Å². The van der Waals surface area contributed by atoms with Crippen molar-refractivity contribution in [2.24, 2.45) is 0 Å². The van der Waals surface area contributed by atoms with E-state index in [1.54, 1.807) is 0 Å². The molecule has 0 aliphatic rings. The third-order valence-corrected chi connectivity index (χ3v) is 4.89. The number of carbonyl (C=O) groups is 2. The maximum absolute atomic E-state index is 13.7. The second-order valence-corrected chi connectivity index (χ2v) is 7.31. The molecular formula is C25H24F2N2O2. The van der Waals surface area contributed by atoms with Gasteiger partial charge in [0.2, 0.25) is 5.91 Å². The molecule has 1 unspecified atom stereocenters. The molecule has 0 saturated carbocycles. The smallest absolute Gasteiger partial charge is 0.254 e. The number of halogens is 2. The lowest BCUT2D eigenvalue weighted by molar-refractivity contribution is -0.121. The quantitative estimate of drug-likeness (QED) is 0.518. The van der Waals surface area contributed by atoms with Crippen molar-refractivity contribution in [2.75, 3.05) is 6.54 Å². The van der Waals surface area contributed by atoms with Gasteiger partial charge in [-0.15, -0.1) is 0 Å². The van der Waals surface area contributed by atoms with E-state index >= 15 is 0 Å². The zero-order valence-corrected chi connectivity index (χ0v) is 17.2. The maximum atomic E-state index is 13.7. The second kappa shape index (κ2) is 10.5. The lowest BCUT2D eigenvalue weighted by Gasteiger charge is -2.20. The molecule has 0 saturated heterocycles. The Morgan fingerprint density at radius 1 is 0.903 bits per heavy atom. The van der Waals surface area contributed by atoms with Gasteiger partial charge in [0.25, 0.3) is 5.91 Å². The molecule has 160 valence electrons. The Bertz CT molecular complexity index is 1040. The molecule has 0 radical (unpaired) electrons. The predicted molar refractivity (Wildman–Crippen MR) is 116 cm³/mol. The minimum Gasteiger partial charge on any atom is -0.352 e. The molecule has 31 heavy (non-hydrogen) atoms. The molecule has 0 bridgehead atoms. The first-order chi connectivity index (χ1) is 14.9. The summed E-state index contributed by atoms with van der Waals surface area (Å²) in [4.78, 5) is 24.6. The molecule has 0 aromatic heterocycles. The van der Waals surface area contributed by atoms with Gasteiger partial charge in [0, 0.05) is 19.0 Å². The van der Waals surface area contributed by atoms with Crippen molar-refractivity contribution in [1.82, 2.24) is 10.6 Å². The Labute approximate surface area is 180 Å². The first-order valence-electron chi connectivity index (χ1n) is 10.1. The van der Waals surface area contributed by atoms with Crippen LogP contribution in [-0.4, -0.2) is 18.4 Å². The van der Waals surface area contributed by atoms with Crippen LogP contribution < -0.4 is 10.6 Å². The van der Waals surface area contributed by atoms with Crippen LogP contribution >= 0.6 is 0 Å². The van der Waals surface area contributed by atoms with Crippen molar-refractivity contribution >= 4 is 11.8 Å². The van der Waals surface area contributed by atoms with Crippen LogP contribution in [0, 0.1) is 18.6 Å². The highest BCUT2D eigenvalue weighted by atomic mass is 19.1. The zero-order valence-electron chi connectivity index (χ0n) is 17.2. The van der Waals surface area contributed by atoms with Gasteiger partial charge in [-0.3, -0.25) is 9.59 Å². The summed E-state index contributed by atoms with van der Waals surface area (Å²) in [5, 5.41) is 5.61. The van der Waals surface area contributed by atoms with Crippen LogP contribution in [0.25, 0.3) is 0 Å². The summed E-state index contributed by atoms with van der Waals surface area (Å²) in [6.45, 7) is 2.20. The van der Waals surface area contributed by atoms with Gasteiger partial charge in [0.15, 0.2) is 0 Å². The van der Waals surface area contributed by atoms with Crippen molar-refractivity contribution in [3.05, 3.63) is 107 Å². The van der Waals surface area contributed by atoms with Crippen LogP contribution in [0.5, 0.6) is 0 Å². The summed E-state index contributed by atoms with van der Waals surface area (Å²) >= 11 is 0. The molecule has 1 atom stereocenters. The number of rotatable bonds is 8. The molecule has 6 heteroatoms. The van der Waals surface area contributed by atoms with Crippen molar-refractivity contribution in [2.45, 2.75) is 25.8 Å². The van der Waals surface area contributed by atoms with Crippen molar-refractivity contribution in [3.8, 4) is 0 Å². The summed E-state index contributed by atoms with van der Waals surface area (Å²) in [5.74, 6) is -2.46. The highest BCUT2D eigenvalue weighted by molar-refractivity contribution is 5.94. The van der Waals surface area contributed by atoms with Crippen molar-refractivity contribution in [1.29, 1.82) is 0 Å². The standard InChI is InChI=1S/C25H24F2N2O2/c1-17-9-11-19(12-10-17)24(18-6-3-2-4-7-18)29-23(30)8-5-15-28-25(31)21-14-13-20(26)16-22(21)27/h2-4,6-7,9-14,16,24H,5,8,15H2,1H3,(H,28,31)(H,29,30). The fraction of sp³-hybridized carbons (Fsp3) is 0.200. The lowest BCUT2D eigenvalue weighted by Crippen LogP contribution is -2.31. The summed E-state index contributed by atoms with van der Waals surface area (Å²) < 4.78 is 26.6. The van der Waals surface area contributed by atoms with E-state index in [0.29, 0.717) is 12.5 Å². The minimum atomic E-state index is -0.918. The molecule has 3 aromatic carbocycles. The van der Waals surface area contributed by atoms with Crippen molar-refractivity contribution < 1.29 is 18.4 Å². The number of hydrogen-bond donors (Lipinski definition) is 2.